The van der Waals surface area contributed by atoms with Crippen molar-refractivity contribution >= 4 is 97.4 Å². The van der Waals surface area contributed by atoms with E-state index in [-0.39, 0.29) is 85.5 Å². The van der Waals surface area contributed by atoms with Gasteiger partial charge in [0.2, 0.25) is 21.1 Å². The number of aromatic nitrogens is 2. The fraction of sp³-hybridized carbons (Fsp3) is 0.217. The Bertz CT molecular complexity index is 4440. The van der Waals surface area contributed by atoms with Crippen molar-refractivity contribution in [2.45, 2.75) is 70.2 Å². The van der Waals surface area contributed by atoms with E-state index in [4.69, 9.17) is 38.4 Å². The summed E-state index contributed by atoms with van der Waals surface area (Å²) in [5, 5.41) is -0.618. The van der Waals surface area contributed by atoms with Crippen molar-refractivity contribution in [3.05, 3.63) is 249 Å². The SMILES string of the molecule is C=C/C=c1/c(=O)c(=Nc2nc3c(s2)C2=CC4C=C5OC(C(=O)OCc6ccccc6)(C(=O)OCc6ccccc6)c6nc(N=C7C(=O)C8CCCCC8C7=O)sc6C5=CC4C=C2OC3(C(=O)OCc2ccccc2)C(=O)OCc2ccccc2)c(=O)/c1=C/C. The predicted molar refractivity (Wildman–Crippen MR) is 327 cm³/mol. The number of carbonyl (C=O) groups excluding carboxylic acids is 6. The summed E-state index contributed by atoms with van der Waals surface area (Å²) in [6, 6.07) is 35.1. The maximum atomic E-state index is 15.2. The summed E-state index contributed by atoms with van der Waals surface area (Å²) in [5.41, 5.74) is -4.81. The zero-order valence-corrected chi connectivity index (χ0v) is 49.2. The lowest BCUT2D eigenvalue weighted by molar-refractivity contribution is -0.191. The molecule has 13 rings (SSSR count). The Labute approximate surface area is 515 Å². The van der Waals surface area contributed by atoms with E-state index in [9.17, 15) is 19.2 Å². The first-order valence-corrected chi connectivity index (χ1v) is 30.4. The first-order valence-electron chi connectivity index (χ1n) is 28.8. The van der Waals surface area contributed by atoms with E-state index in [1.165, 1.54) is 18.2 Å². The van der Waals surface area contributed by atoms with Crippen LogP contribution in [0, 0.1) is 23.7 Å². The predicted octanol–water partition coefficient (Wildman–Crippen LogP) is 8.14. The molecule has 4 heterocycles. The van der Waals surface area contributed by atoms with Gasteiger partial charge in [-0.25, -0.2) is 39.1 Å². The zero-order valence-electron chi connectivity index (χ0n) is 47.6. The molecule has 89 heavy (non-hydrogen) atoms. The second kappa shape index (κ2) is 23.8. The van der Waals surface area contributed by atoms with Gasteiger partial charge >= 0.3 is 35.1 Å². The van der Waals surface area contributed by atoms with E-state index in [1.54, 1.807) is 153 Å². The molecule has 444 valence electrons. The molecule has 2 fully saturated rings. The fourth-order valence-electron chi connectivity index (χ4n) is 12.0. The molecule has 0 spiro atoms. The number of rotatable bonds is 15. The van der Waals surface area contributed by atoms with Gasteiger partial charge in [0.05, 0.1) is 9.75 Å². The molecule has 4 atom stereocenters. The minimum Gasteiger partial charge on any atom is -0.458 e. The van der Waals surface area contributed by atoms with Crippen molar-refractivity contribution < 1.29 is 57.2 Å². The summed E-state index contributed by atoms with van der Waals surface area (Å²) in [4.78, 5) is 136. The van der Waals surface area contributed by atoms with Crippen LogP contribution in [0.4, 0.5) is 10.3 Å². The molecule has 18 nitrogen and oxygen atoms in total. The molecule has 20 heteroatoms. The minimum absolute atomic E-state index is 0.000413. The zero-order chi connectivity index (χ0) is 61.6. The highest BCUT2D eigenvalue weighted by molar-refractivity contribution is 7.17. The average molecular weight is 1230 g/mol. The number of allylic oxidation sites excluding steroid dienone is 7. The number of ether oxygens (including phenoxy) is 6. The van der Waals surface area contributed by atoms with E-state index < -0.39 is 86.5 Å². The monoisotopic (exact) mass is 1220 g/mol. The number of hydrogen-bond acceptors (Lipinski definition) is 20. The van der Waals surface area contributed by atoms with Gasteiger partial charge < -0.3 is 28.4 Å². The van der Waals surface area contributed by atoms with Crippen molar-refractivity contribution in [1.29, 1.82) is 0 Å². The van der Waals surface area contributed by atoms with Gasteiger partial charge in [-0.1, -0.05) is 194 Å². The Morgan fingerprint density at radius 2 is 0.921 bits per heavy atom. The van der Waals surface area contributed by atoms with Crippen LogP contribution in [0.5, 0.6) is 0 Å². The maximum absolute atomic E-state index is 15.2. The Hall–Kier alpha value is -10.2. The highest BCUT2D eigenvalue weighted by atomic mass is 32.1. The van der Waals surface area contributed by atoms with Crippen LogP contribution in [0.1, 0.15) is 76.0 Å². The van der Waals surface area contributed by atoms with Crippen LogP contribution >= 0.6 is 22.7 Å². The molecule has 0 bridgehead atoms. The number of thiazole rings is 2. The fourth-order valence-corrected chi connectivity index (χ4v) is 14.0. The minimum atomic E-state index is -2.79. The Kier molecular flexibility index (Phi) is 15.5. The number of carbonyl (C=O) groups is 6. The molecule has 0 radical (unpaired) electrons. The molecule has 0 N–H and O–H groups in total. The second-order valence-electron chi connectivity index (χ2n) is 21.9. The number of nitrogens with zero attached hydrogens (tertiary/aromatic N) is 4. The van der Waals surface area contributed by atoms with Gasteiger partial charge in [0.15, 0.2) is 22.6 Å². The van der Waals surface area contributed by atoms with E-state index in [0.717, 1.165) is 35.5 Å². The first-order chi connectivity index (χ1) is 43.3. The quantitative estimate of drug-likeness (QED) is 0.0534. The van der Waals surface area contributed by atoms with Gasteiger partial charge in [0.25, 0.3) is 0 Å². The molecule has 4 unspecified atom stereocenters. The van der Waals surface area contributed by atoms with Gasteiger partial charge in [-0.2, -0.15) is 0 Å². The third-order valence-electron chi connectivity index (χ3n) is 16.4. The van der Waals surface area contributed by atoms with Crippen LogP contribution < -0.4 is 26.7 Å². The van der Waals surface area contributed by atoms with Crippen molar-refractivity contribution in [3.8, 4) is 0 Å². The third-order valence-corrected chi connectivity index (χ3v) is 18.4. The van der Waals surface area contributed by atoms with Gasteiger partial charge in [0, 0.05) is 45.3 Å². The van der Waals surface area contributed by atoms with Gasteiger partial charge in [-0.15, -0.1) is 0 Å². The van der Waals surface area contributed by atoms with Gasteiger partial charge in [-0.05, 0) is 54.2 Å². The van der Waals surface area contributed by atoms with Crippen LogP contribution in [0.25, 0.3) is 23.3 Å². The number of esters is 4. The van der Waals surface area contributed by atoms with Crippen LogP contribution in [0.15, 0.2) is 189 Å². The summed E-state index contributed by atoms with van der Waals surface area (Å²) < 4.78 is 37.6. The number of fused-ring (bicyclic) bond motifs is 8. The molecule has 2 saturated carbocycles. The van der Waals surface area contributed by atoms with Crippen LogP contribution in [0.2, 0.25) is 0 Å². The van der Waals surface area contributed by atoms with Crippen molar-refractivity contribution in [3.63, 3.8) is 0 Å². The molecule has 2 aliphatic heterocycles. The topological polar surface area (TPSA) is 242 Å². The Balaban J connectivity index is 0.980. The molecule has 2 aromatic heterocycles. The van der Waals surface area contributed by atoms with E-state index in [0.29, 0.717) is 46.2 Å². The van der Waals surface area contributed by atoms with Crippen LogP contribution in [0.3, 0.4) is 0 Å². The highest BCUT2D eigenvalue weighted by Gasteiger charge is 2.63. The molecule has 0 amide bonds. The van der Waals surface area contributed by atoms with Crippen molar-refractivity contribution in [2.24, 2.45) is 33.7 Å². The lowest BCUT2D eigenvalue weighted by Gasteiger charge is -2.40. The van der Waals surface area contributed by atoms with Crippen LogP contribution in [-0.2, 0) is 94.8 Å². The summed E-state index contributed by atoms with van der Waals surface area (Å²) in [5.74, 6) is -8.01. The van der Waals surface area contributed by atoms with E-state index >= 15 is 19.2 Å². The van der Waals surface area contributed by atoms with Gasteiger partial charge in [-0.3, -0.25) is 19.2 Å². The molecule has 5 aromatic carbocycles. The van der Waals surface area contributed by atoms with E-state index in [1.807, 2.05) is 0 Å². The summed E-state index contributed by atoms with van der Waals surface area (Å²) in [7, 11) is 0. The number of Topliss-reactive ketones (excluding diaryl/α,β-unsaturated/α-hetero) is 2. The Morgan fingerprint density at radius 3 is 1.29 bits per heavy atom. The molecular formula is C69H52N4O14S2. The molecule has 7 aromatic rings. The third kappa shape index (κ3) is 10.4. The van der Waals surface area contributed by atoms with Crippen molar-refractivity contribution in [2.75, 3.05) is 0 Å². The standard InChI is InChI=1S/C69H52N4O14S2/c1-3-19-45-44(4-2)54(74)52(55(45)75)70-66-72-60-58(88-66)48-30-42-33-51-49(31-43(42)32-50(48)86-68(60,62(78)82-34-38-20-9-5-10-21-38)63(79)83-35-39-22-11-6-12-23-39)59-61(73-67(89-59)71-53-56(76)46-28-17-18-29-47(46)57(53)77)69(87-51,64(80)84-36-40-24-13-7-14-25-40)65(81)85-37-41-26-15-8-16-27-41/h3-16,19-27,30-33,42-43,46-47H,1,17-18,28-29,34-37H2,2H3/b44-4+,45-19+,70-52?,71-53?. The van der Waals surface area contributed by atoms with Crippen LogP contribution in [-0.4, -0.2) is 51.1 Å². The second-order valence-corrected chi connectivity index (χ2v) is 23.8. The lowest BCUT2D eigenvalue weighted by Crippen LogP contribution is -2.51. The summed E-state index contributed by atoms with van der Waals surface area (Å²) >= 11 is 1.79. The first kappa shape index (κ1) is 57.9. The normalized spacial score (nSPS) is 20.5. The average Bonchev–Trinajstić information content (AvgIpc) is 1.72. The molecular weight excluding hydrogens is 1170 g/mol. The molecule has 0 saturated heterocycles. The molecule has 4 aliphatic carbocycles. The smallest absolute Gasteiger partial charge is 0.369 e. The number of ketones is 2. The maximum Gasteiger partial charge on any atom is 0.369 e. The number of aliphatic imine (C=N–C) groups is 1. The van der Waals surface area contributed by atoms with Gasteiger partial charge in [0.1, 0.15) is 49.3 Å². The summed E-state index contributed by atoms with van der Waals surface area (Å²) in [6.45, 7) is 4.11. The lowest BCUT2D eigenvalue weighted by atomic mass is 9.76. The van der Waals surface area contributed by atoms with E-state index in [2.05, 4.69) is 16.6 Å². The number of hydrogen-bond donors (Lipinski definition) is 0. The Morgan fingerprint density at radius 1 is 0.551 bits per heavy atom. The summed E-state index contributed by atoms with van der Waals surface area (Å²) in [6.07, 6.45) is 13.8. The molecule has 6 aliphatic rings. The number of benzene rings is 4. The largest absolute Gasteiger partial charge is 0.458 e. The van der Waals surface area contributed by atoms with Crippen molar-refractivity contribution in [1.82, 2.24) is 9.97 Å². The highest BCUT2D eigenvalue weighted by Crippen LogP contribution is 2.56.